The van der Waals surface area contributed by atoms with Gasteiger partial charge in [-0.05, 0) is 29.8 Å². The summed E-state index contributed by atoms with van der Waals surface area (Å²) in [5.74, 6) is 1.18. The van der Waals surface area contributed by atoms with Crippen LogP contribution in [-0.4, -0.2) is 38.2 Å². The summed E-state index contributed by atoms with van der Waals surface area (Å²) in [5.41, 5.74) is 1.65. The zero-order chi connectivity index (χ0) is 19.0. The molecule has 4 rings (SSSR count). The molecule has 27 heavy (non-hydrogen) atoms. The van der Waals surface area contributed by atoms with Gasteiger partial charge >= 0.3 is 0 Å². The predicted molar refractivity (Wildman–Crippen MR) is 110 cm³/mol. The molecule has 8 heteroatoms. The van der Waals surface area contributed by atoms with Crippen molar-refractivity contribution in [1.29, 1.82) is 0 Å². The van der Waals surface area contributed by atoms with Crippen LogP contribution in [0.1, 0.15) is 5.56 Å². The number of anilines is 1. The van der Waals surface area contributed by atoms with E-state index < -0.39 is 0 Å². The van der Waals surface area contributed by atoms with Crippen molar-refractivity contribution >= 4 is 44.6 Å². The molecule has 0 aliphatic rings. The third-order valence-corrected chi connectivity index (χ3v) is 4.72. The summed E-state index contributed by atoms with van der Waals surface area (Å²) < 4.78 is 4.38. The lowest BCUT2D eigenvalue weighted by Gasteiger charge is -2.13. The Kier molecular flexibility index (Phi) is 4.49. The highest BCUT2D eigenvalue weighted by atomic mass is 79.9. The number of rotatable bonds is 4. The largest absolute Gasteiger partial charge is 0.347 e. The maximum atomic E-state index is 13.1. The first-order chi connectivity index (χ1) is 13.1. The molecule has 4 aromatic rings. The Hall–Kier alpha value is -3.00. The van der Waals surface area contributed by atoms with Crippen LogP contribution in [-0.2, 0) is 6.54 Å². The van der Waals surface area contributed by atoms with E-state index in [2.05, 4.69) is 31.1 Å². The summed E-state index contributed by atoms with van der Waals surface area (Å²) in [4.78, 5) is 19.1. The smallest absolute Gasteiger partial charge is 0.263 e. The Bertz CT molecular complexity index is 1210. The van der Waals surface area contributed by atoms with Crippen molar-refractivity contribution in [3.05, 3.63) is 69.2 Å². The van der Waals surface area contributed by atoms with Crippen LogP contribution in [0.5, 0.6) is 0 Å². The average Bonchev–Trinajstić information content (AvgIpc) is 3.10. The van der Waals surface area contributed by atoms with Crippen LogP contribution in [0.3, 0.4) is 0 Å². The van der Waals surface area contributed by atoms with E-state index in [9.17, 15) is 4.79 Å². The quantitative estimate of drug-likeness (QED) is 0.503. The van der Waals surface area contributed by atoms with Crippen LogP contribution < -0.4 is 10.5 Å². The molecule has 0 amide bonds. The van der Waals surface area contributed by atoms with E-state index in [0.717, 1.165) is 15.6 Å². The third-order valence-electron chi connectivity index (χ3n) is 4.23. The Balaban J connectivity index is 1.92. The molecule has 0 bridgehead atoms. The number of pyridine rings is 1. The van der Waals surface area contributed by atoms with Crippen LogP contribution in [0.4, 0.5) is 5.95 Å². The van der Waals surface area contributed by atoms with Gasteiger partial charge in [0.2, 0.25) is 11.7 Å². The van der Waals surface area contributed by atoms with Gasteiger partial charge in [-0.1, -0.05) is 34.1 Å². The maximum Gasteiger partial charge on any atom is 0.263 e. The highest BCUT2D eigenvalue weighted by Gasteiger charge is 2.17. The summed E-state index contributed by atoms with van der Waals surface area (Å²) in [6.07, 6.45) is 7.36. The van der Waals surface area contributed by atoms with E-state index in [1.165, 1.54) is 0 Å². The van der Waals surface area contributed by atoms with E-state index in [1.807, 2.05) is 65.9 Å². The zero-order valence-electron chi connectivity index (χ0n) is 14.9. The van der Waals surface area contributed by atoms with E-state index in [0.29, 0.717) is 23.7 Å². The molecule has 0 aliphatic carbocycles. The average molecular weight is 425 g/mol. The number of fused-ring (bicyclic) bond motifs is 3. The minimum absolute atomic E-state index is 0.104. The van der Waals surface area contributed by atoms with E-state index in [-0.39, 0.29) is 5.56 Å². The maximum absolute atomic E-state index is 13.1. The number of hydrogen-bond acceptors (Lipinski definition) is 5. The van der Waals surface area contributed by atoms with Crippen molar-refractivity contribution in [3.8, 4) is 0 Å². The standard InChI is InChI=1S/C19H17BrN6O/c1-24(2)18-22-23-19-25(10-4-6-13-5-3-9-21-12-13)17(27)15-11-14(20)7-8-16(15)26(18)19/h3-9,11-12H,10H2,1-2H3/b6-4+. The Morgan fingerprint density at radius 3 is 2.81 bits per heavy atom. The molecule has 0 spiro atoms. The normalized spacial score (nSPS) is 11.7. The lowest BCUT2D eigenvalue weighted by molar-refractivity contribution is 0.787. The summed E-state index contributed by atoms with van der Waals surface area (Å²) >= 11 is 3.46. The molecule has 0 saturated heterocycles. The Morgan fingerprint density at radius 1 is 1.22 bits per heavy atom. The van der Waals surface area contributed by atoms with Crippen molar-refractivity contribution in [2.45, 2.75) is 6.54 Å². The van der Waals surface area contributed by atoms with Crippen LogP contribution in [0.25, 0.3) is 22.8 Å². The minimum Gasteiger partial charge on any atom is -0.347 e. The molecule has 136 valence electrons. The molecular formula is C19H17BrN6O. The molecule has 0 fully saturated rings. The Morgan fingerprint density at radius 2 is 2.07 bits per heavy atom. The SMILES string of the molecule is CN(C)c1nnc2n(C/C=C/c3cccnc3)c(=O)c3cc(Br)ccc3n12. The topological polar surface area (TPSA) is 68.3 Å². The van der Waals surface area contributed by atoms with Crippen LogP contribution in [0.2, 0.25) is 0 Å². The number of allylic oxidation sites excluding steroid dienone is 1. The van der Waals surface area contributed by atoms with Crippen molar-refractivity contribution in [3.63, 3.8) is 0 Å². The fourth-order valence-corrected chi connectivity index (χ4v) is 3.35. The Labute approximate surface area is 163 Å². The second-order valence-electron chi connectivity index (χ2n) is 6.30. The molecule has 0 atom stereocenters. The van der Waals surface area contributed by atoms with Gasteiger partial charge in [-0.15, -0.1) is 10.2 Å². The van der Waals surface area contributed by atoms with Crippen molar-refractivity contribution in [2.75, 3.05) is 19.0 Å². The summed E-state index contributed by atoms with van der Waals surface area (Å²) in [5, 5.41) is 9.15. The number of benzene rings is 1. The molecule has 0 N–H and O–H groups in total. The van der Waals surface area contributed by atoms with Gasteiger partial charge < -0.3 is 4.90 Å². The van der Waals surface area contributed by atoms with Gasteiger partial charge in [-0.25, -0.2) is 4.40 Å². The second-order valence-corrected chi connectivity index (χ2v) is 7.21. The molecule has 7 nitrogen and oxygen atoms in total. The first-order valence-corrected chi connectivity index (χ1v) is 9.16. The van der Waals surface area contributed by atoms with Gasteiger partial charge in [0, 0.05) is 37.5 Å². The lowest BCUT2D eigenvalue weighted by Crippen LogP contribution is -2.23. The molecule has 0 saturated carbocycles. The highest BCUT2D eigenvalue weighted by molar-refractivity contribution is 9.10. The minimum atomic E-state index is -0.104. The van der Waals surface area contributed by atoms with Gasteiger partial charge in [-0.3, -0.25) is 14.3 Å². The molecule has 3 aromatic heterocycles. The van der Waals surface area contributed by atoms with E-state index in [4.69, 9.17) is 0 Å². The van der Waals surface area contributed by atoms with Gasteiger partial charge in [0.1, 0.15) is 0 Å². The summed E-state index contributed by atoms with van der Waals surface area (Å²) in [6, 6.07) is 9.48. The number of aromatic nitrogens is 5. The van der Waals surface area contributed by atoms with Gasteiger partial charge in [0.15, 0.2) is 0 Å². The van der Waals surface area contributed by atoms with E-state index >= 15 is 0 Å². The number of halogens is 1. The monoisotopic (exact) mass is 424 g/mol. The second kappa shape index (κ2) is 6.96. The van der Waals surface area contributed by atoms with Crippen LogP contribution in [0, 0.1) is 0 Å². The fraction of sp³-hybridized carbons (Fsp3) is 0.158. The zero-order valence-corrected chi connectivity index (χ0v) is 16.5. The fourth-order valence-electron chi connectivity index (χ4n) is 2.99. The third kappa shape index (κ3) is 3.12. The molecule has 3 heterocycles. The summed E-state index contributed by atoms with van der Waals surface area (Å²) in [7, 11) is 3.80. The number of hydrogen-bond donors (Lipinski definition) is 0. The predicted octanol–water partition coefficient (Wildman–Crippen LogP) is 2.98. The van der Waals surface area contributed by atoms with Crippen LogP contribution in [0.15, 0.2) is 58.1 Å². The molecule has 0 unspecified atom stereocenters. The highest BCUT2D eigenvalue weighted by Crippen LogP contribution is 2.22. The molecule has 0 radical (unpaired) electrons. The van der Waals surface area contributed by atoms with Crippen LogP contribution >= 0.6 is 15.9 Å². The van der Waals surface area contributed by atoms with E-state index in [1.54, 1.807) is 17.0 Å². The first-order valence-electron chi connectivity index (χ1n) is 8.37. The van der Waals surface area contributed by atoms with Gasteiger partial charge in [0.05, 0.1) is 10.9 Å². The number of nitrogens with zero attached hydrogens (tertiary/aromatic N) is 6. The molecular weight excluding hydrogens is 408 g/mol. The van der Waals surface area contributed by atoms with Gasteiger partial charge in [0.25, 0.3) is 5.56 Å². The summed E-state index contributed by atoms with van der Waals surface area (Å²) in [6.45, 7) is 0.380. The van der Waals surface area contributed by atoms with Crippen molar-refractivity contribution < 1.29 is 0 Å². The molecule has 1 aromatic carbocycles. The lowest BCUT2D eigenvalue weighted by atomic mass is 10.2. The first kappa shape index (κ1) is 17.4. The van der Waals surface area contributed by atoms with Gasteiger partial charge in [-0.2, -0.15) is 0 Å². The van der Waals surface area contributed by atoms with Crippen molar-refractivity contribution in [2.24, 2.45) is 0 Å². The van der Waals surface area contributed by atoms with Crippen molar-refractivity contribution in [1.82, 2.24) is 24.1 Å². The molecule has 0 aliphatic heterocycles.